The second-order valence-corrected chi connectivity index (χ2v) is 8.14. The van der Waals surface area contributed by atoms with Gasteiger partial charge in [-0.2, -0.15) is 0 Å². The molecular formula is C23H24N4O2S. The van der Waals surface area contributed by atoms with Crippen LogP contribution in [0.15, 0.2) is 71.9 Å². The van der Waals surface area contributed by atoms with Crippen LogP contribution in [0.1, 0.15) is 28.6 Å². The second-order valence-electron chi connectivity index (χ2n) is 7.16. The van der Waals surface area contributed by atoms with Crippen molar-refractivity contribution in [3.8, 4) is 0 Å². The fraction of sp³-hybridized carbons (Fsp3) is 0.261. The minimum atomic E-state index is -0.643. The molecule has 0 radical (unpaired) electrons. The van der Waals surface area contributed by atoms with E-state index in [1.54, 1.807) is 0 Å². The molecule has 6 nitrogen and oxygen atoms in total. The summed E-state index contributed by atoms with van der Waals surface area (Å²) in [6, 6.07) is 22.1. The fourth-order valence-corrected chi connectivity index (χ4v) is 4.25. The quantitative estimate of drug-likeness (QED) is 0.435. The van der Waals surface area contributed by atoms with Crippen molar-refractivity contribution in [2.24, 2.45) is 0 Å². The number of aliphatic hydroxyl groups is 1. The highest BCUT2D eigenvalue weighted by molar-refractivity contribution is 7.99. The first kappa shape index (κ1) is 20.5. The largest absolute Gasteiger partial charge is 0.390 e. The number of hydrogen-bond acceptors (Lipinski definition) is 6. The highest BCUT2D eigenvalue weighted by Crippen LogP contribution is 2.26. The van der Waals surface area contributed by atoms with Crippen molar-refractivity contribution < 1.29 is 9.84 Å². The molecule has 0 aliphatic heterocycles. The average molecular weight is 421 g/mol. The molecular weight excluding hydrogens is 396 g/mol. The summed E-state index contributed by atoms with van der Waals surface area (Å²) in [6.07, 6.45) is -0.869. The van der Waals surface area contributed by atoms with Gasteiger partial charge < -0.3 is 9.84 Å². The summed E-state index contributed by atoms with van der Waals surface area (Å²) >= 11 is 1.45. The molecule has 0 amide bonds. The van der Waals surface area contributed by atoms with Crippen LogP contribution in [-0.4, -0.2) is 43.2 Å². The van der Waals surface area contributed by atoms with Crippen LogP contribution in [0.4, 0.5) is 0 Å². The van der Waals surface area contributed by atoms with Gasteiger partial charge in [0.05, 0.1) is 12.7 Å². The Morgan fingerprint density at radius 2 is 1.60 bits per heavy atom. The summed E-state index contributed by atoms with van der Waals surface area (Å²) < 4.78 is 8.06. The van der Waals surface area contributed by atoms with E-state index >= 15 is 0 Å². The van der Waals surface area contributed by atoms with Gasteiger partial charge in [-0.1, -0.05) is 72.4 Å². The van der Waals surface area contributed by atoms with Gasteiger partial charge in [-0.15, -0.1) is 10.2 Å². The van der Waals surface area contributed by atoms with Gasteiger partial charge >= 0.3 is 0 Å². The minimum Gasteiger partial charge on any atom is -0.390 e. The first-order valence-electron chi connectivity index (χ1n) is 9.83. The number of nitrogens with zero attached hydrogens (tertiary/aromatic N) is 4. The molecule has 30 heavy (non-hydrogen) atoms. The van der Waals surface area contributed by atoms with Crippen molar-refractivity contribution in [3.05, 3.63) is 89.2 Å². The summed E-state index contributed by atoms with van der Waals surface area (Å²) in [7, 11) is 0. The Balaban J connectivity index is 1.41. The van der Waals surface area contributed by atoms with Crippen LogP contribution >= 0.6 is 11.8 Å². The molecule has 4 rings (SSSR count). The molecule has 1 atom stereocenters. The molecule has 0 aliphatic carbocycles. The van der Waals surface area contributed by atoms with E-state index in [0.717, 1.165) is 27.7 Å². The van der Waals surface area contributed by atoms with Crippen molar-refractivity contribution in [2.75, 3.05) is 12.4 Å². The lowest BCUT2D eigenvalue weighted by molar-refractivity contribution is 0.0155. The monoisotopic (exact) mass is 420 g/mol. The predicted octanol–water partition coefficient (Wildman–Crippen LogP) is 4.00. The summed E-state index contributed by atoms with van der Waals surface area (Å²) in [5, 5.41) is 19.6. The van der Waals surface area contributed by atoms with E-state index in [0.29, 0.717) is 11.5 Å². The van der Waals surface area contributed by atoms with E-state index in [4.69, 9.17) is 4.74 Å². The normalized spacial score (nSPS) is 12.5. The van der Waals surface area contributed by atoms with Crippen molar-refractivity contribution in [3.63, 3.8) is 0 Å². The van der Waals surface area contributed by atoms with Crippen molar-refractivity contribution in [1.82, 2.24) is 19.6 Å². The van der Waals surface area contributed by atoms with Crippen molar-refractivity contribution in [1.29, 1.82) is 0 Å². The third-order valence-electron chi connectivity index (χ3n) is 4.73. The minimum absolute atomic E-state index is 0.217. The summed E-state index contributed by atoms with van der Waals surface area (Å²) in [5.41, 5.74) is 4.04. The van der Waals surface area contributed by atoms with Gasteiger partial charge in [-0.3, -0.25) is 4.40 Å². The first-order valence-corrected chi connectivity index (χ1v) is 10.8. The zero-order chi connectivity index (χ0) is 20.9. The SMILES string of the molecule is Cc1cc(C)n2c(SC[C@H](O)COC(c3ccccc3)c3ccccc3)nnc2n1. The number of hydrogen-bond donors (Lipinski definition) is 1. The molecule has 154 valence electrons. The van der Waals surface area contributed by atoms with E-state index in [2.05, 4.69) is 15.2 Å². The Bertz CT molecular complexity index is 1060. The van der Waals surface area contributed by atoms with Crippen LogP contribution in [0, 0.1) is 13.8 Å². The van der Waals surface area contributed by atoms with Crippen LogP contribution in [0.25, 0.3) is 5.78 Å². The smallest absolute Gasteiger partial charge is 0.256 e. The molecule has 0 saturated carbocycles. The maximum absolute atomic E-state index is 10.6. The Morgan fingerprint density at radius 1 is 0.967 bits per heavy atom. The number of aromatic nitrogens is 4. The number of aliphatic hydroxyl groups excluding tert-OH is 1. The number of thioether (sulfide) groups is 1. The molecule has 0 spiro atoms. The standard InChI is InChI=1S/C23H24N4O2S/c1-16-13-17(2)27-22(24-16)25-26-23(27)30-15-20(28)14-29-21(18-9-5-3-6-10-18)19-11-7-4-8-12-19/h3-13,20-21,28H,14-15H2,1-2H3/t20-/m1/s1. The highest BCUT2D eigenvalue weighted by atomic mass is 32.2. The third-order valence-corrected chi connectivity index (χ3v) is 5.80. The van der Waals surface area contributed by atoms with Gasteiger partial charge in [0.2, 0.25) is 0 Å². The van der Waals surface area contributed by atoms with E-state index in [1.807, 2.05) is 85.0 Å². The lowest BCUT2D eigenvalue weighted by Gasteiger charge is -2.21. The summed E-state index contributed by atoms with van der Waals surface area (Å²) in [6.45, 7) is 4.15. The average Bonchev–Trinajstić information content (AvgIpc) is 3.17. The predicted molar refractivity (Wildman–Crippen MR) is 118 cm³/mol. The van der Waals surface area contributed by atoms with Gasteiger partial charge in [0.15, 0.2) is 5.16 Å². The Kier molecular flexibility index (Phi) is 6.42. The molecule has 7 heteroatoms. The maximum Gasteiger partial charge on any atom is 0.256 e. The Hall–Kier alpha value is -2.74. The molecule has 0 fully saturated rings. The fourth-order valence-electron chi connectivity index (χ4n) is 3.36. The zero-order valence-corrected chi connectivity index (χ0v) is 17.8. The molecule has 4 aromatic rings. The second kappa shape index (κ2) is 9.38. The van der Waals surface area contributed by atoms with E-state index in [-0.39, 0.29) is 12.7 Å². The van der Waals surface area contributed by atoms with Crippen LogP contribution in [-0.2, 0) is 4.74 Å². The van der Waals surface area contributed by atoms with Gasteiger partial charge in [0.1, 0.15) is 6.10 Å². The van der Waals surface area contributed by atoms with Crippen LogP contribution in [0.5, 0.6) is 0 Å². The maximum atomic E-state index is 10.6. The van der Waals surface area contributed by atoms with E-state index in [9.17, 15) is 5.11 Å². The number of aryl methyl sites for hydroxylation is 2. The number of ether oxygens (including phenoxy) is 1. The molecule has 2 heterocycles. The topological polar surface area (TPSA) is 72.5 Å². The van der Waals surface area contributed by atoms with Gasteiger partial charge in [0.25, 0.3) is 5.78 Å². The van der Waals surface area contributed by atoms with Crippen LogP contribution in [0.2, 0.25) is 0 Å². The number of benzene rings is 2. The molecule has 0 aliphatic rings. The molecule has 0 saturated heterocycles. The third kappa shape index (κ3) is 4.70. The van der Waals surface area contributed by atoms with Gasteiger partial charge in [-0.25, -0.2) is 4.98 Å². The van der Waals surface area contributed by atoms with Crippen molar-refractivity contribution >= 4 is 17.5 Å². The zero-order valence-electron chi connectivity index (χ0n) is 17.0. The summed E-state index contributed by atoms with van der Waals surface area (Å²) in [5.74, 6) is 1.03. The summed E-state index contributed by atoms with van der Waals surface area (Å²) in [4.78, 5) is 4.40. The van der Waals surface area contributed by atoms with Crippen LogP contribution < -0.4 is 0 Å². The highest BCUT2D eigenvalue weighted by Gasteiger charge is 2.18. The Morgan fingerprint density at radius 3 is 2.23 bits per heavy atom. The molecule has 0 unspecified atom stereocenters. The molecule has 1 N–H and O–H groups in total. The number of rotatable bonds is 8. The molecule has 2 aromatic heterocycles. The molecule has 2 aromatic carbocycles. The van der Waals surface area contributed by atoms with Crippen molar-refractivity contribution in [2.45, 2.75) is 31.2 Å². The van der Waals surface area contributed by atoms with Crippen LogP contribution in [0.3, 0.4) is 0 Å². The number of fused-ring (bicyclic) bond motifs is 1. The van der Waals surface area contributed by atoms with E-state index in [1.165, 1.54) is 11.8 Å². The Labute approximate surface area is 180 Å². The first-order chi connectivity index (χ1) is 14.6. The lowest BCUT2D eigenvalue weighted by atomic mass is 10.0. The van der Waals surface area contributed by atoms with Gasteiger partial charge in [-0.05, 0) is 31.0 Å². The lowest BCUT2D eigenvalue weighted by Crippen LogP contribution is -2.21. The molecule has 0 bridgehead atoms. The van der Waals surface area contributed by atoms with Gasteiger partial charge in [0, 0.05) is 17.1 Å². The van der Waals surface area contributed by atoms with E-state index < -0.39 is 6.10 Å².